The van der Waals surface area contributed by atoms with E-state index in [1.807, 2.05) is 17.6 Å². The van der Waals surface area contributed by atoms with E-state index < -0.39 is 12.1 Å². The van der Waals surface area contributed by atoms with Gasteiger partial charge in [0.05, 0.1) is 17.6 Å². The molecule has 0 aliphatic rings. The van der Waals surface area contributed by atoms with Gasteiger partial charge in [0.25, 0.3) is 0 Å². The normalized spacial score (nSPS) is 12.0. The van der Waals surface area contributed by atoms with Crippen molar-refractivity contribution >= 4 is 51.8 Å². The van der Waals surface area contributed by atoms with E-state index in [0.29, 0.717) is 44.6 Å². The third-order valence-electron chi connectivity index (χ3n) is 5.11. The first-order chi connectivity index (χ1) is 15.7. The Balaban J connectivity index is 1.75. The molecular formula is C24H19Cl3N2O4. The van der Waals surface area contributed by atoms with Crippen LogP contribution in [-0.2, 0) is 11.3 Å². The highest BCUT2D eigenvalue weighted by atomic mass is 35.5. The van der Waals surface area contributed by atoms with E-state index in [9.17, 15) is 4.79 Å². The molecule has 0 saturated carbocycles. The number of benzene rings is 2. The summed E-state index contributed by atoms with van der Waals surface area (Å²) in [6.45, 7) is 3.73. The maximum Gasteiger partial charge on any atom is 0.344 e. The zero-order valence-electron chi connectivity index (χ0n) is 17.7. The van der Waals surface area contributed by atoms with Crippen LogP contribution >= 0.6 is 34.8 Å². The quantitative estimate of drug-likeness (QED) is 0.274. The second kappa shape index (κ2) is 9.51. The van der Waals surface area contributed by atoms with Crippen LogP contribution in [0.1, 0.15) is 18.2 Å². The molecule has 0 spiro atoms. The van der Waals surface area contributed by atoms with Gasteiger partial charge in [-0.05, 0) is 74.0 Å². The lowest BCUT2D eigenvalue weighted by Crippen LogP contribution is -2.22. The van der Waals surface area contributed by atoms with Gasteiger partial charge in [-0.1, -0.05) is 34.8 Å². The Hall–Kier alpha value is -2.93. The number of rotatable bonds is 7. The van der Waals surface area contributed by atoms with Crippen LogP contribution in [0.5, 0.6) is 17.2 Å². The van der Waals surface area contributed by atoms with Crippen molar-refractivity contribution in [2.45, 2.75) is 26.5 Å². The lowest BCUT2D eigenvalue weighted by molar-refractivity contribution is -0.144. The Kier molecular flexibility index (Phi) is 6.70. The lowest BCUT2D eigenvalue weighted by Gasteiger charge is -2.14. The zero-order chi connectivity index (χ0) is 23.7. The van der Waals surface area contributed by atoms with Crippen molar-refractivity contribution in [3.63, 3.8) is 0 Å². The standard InChI is InChI=1S/C24H19Cl3N2O4/c1-13-22(33-17-5-3-16(25)4-6-17)19-8-10-21(27)28-23(19)29(13)12-15-11-18(7-9-20(15)26)32-14(2)24(30)31/h3-11,14H,12H2,1-2H3,(H,30,31)/t14-/m0/s1. The SMILES string of the molecule is Cc1c(Oc2ccc(Cl)cc2)c2ccc(Cl)nc2n1Cc1cc(O[C@@H](C)C(=O)O)ccc1Cl. The monoisotopic (exact) mass is 504 g/mol. The van der Waals surface area contributed by atoms with E-state index in [-0.39, 0.29) is 0 Å². The number of carbonyl (C=O) groups is 1. The van der Waals surface area contributed by atoms with E-state index >= 15 is 0 Å². The van der Waals surface area contributed by atoms with E-state index in [1.165, 1.54) is 6.92 Å². The predicted octanol–water partition coefficient (Wildman–Crippen LogP) is 7.00. The average Bonchev–Trinajstić information content (AvgIpc) is 3.02. The Bertz CT molecular complexity index is 1340. The molecule has 4 rings (SSSR count). The second-order valence-electron chi connectivity index (χ2n) is 7.41. The van der Waals surface area contributed by atoms with Gasteiger partial charge in [0.2, 0.25) is 0 Å². The number of ether oxygens (including phenoxy) is 2. The number of halogens is 3. The topological polar surface area (TPSA) is 73.6 Å². The molecule has 0 bridgehead atoms. The summed E-state index contributed by atoms with van der Waals surface area (Å²) in [6, 6.07) is 15.7. The molecule has 0 radical (unpaired) electrons. The van der Waals surface area contributed by atoms with Gasteiger partial charge in [0.1, 0.15) is 22.3 Å². The number of aliphatic carboxylic acids is 1. The molecule has 1 N–H and O–H groups in total. The first kappa shape index (κ1) is 23.2. The van der Waals surface area contributed by atoms with Crippen molar-refractivity contribution in [1.82, 2.24) is 9.55 Å². The molecule has 2 heterocycles. The minimum absolute atomic E-state index is 0.344. The highest BCUT2D eigenvalue weighted by Crippen LogP contribution is 2.37. The molecule has 2 aromatic heterocycles. The maximum atomic E-state index is 11.1. The van der Waals surface area contributed by atoms with Gasteiger partial charge >= 0.3 is 5.97 Å². The Morgan fingerprint density at radius 3 is 2.45 bits per heavy atom. The number of hydrogen-bond donors (Lipinski definition) is 1. The van der Waals surface area contributed by atoms with E-state index in [2.05, 4.69) is 4.98 Å². The fourth-order valence-electron chi connectivity index (χ4n) is 3.40. The van der Waals surface area contributed by atoms with Crippen LogP contribution in [0, 0.1) is 6.92 Å². The minimum atomic E-state index is -1.05. The number of carboxylic acid groups (broad SMARTS) is 1. The van der Waals surface area contributed by atoms with Gasteiger partial charge in [-0.3, -0.25) is 0 Å². The largest absolute Gasteiger partial charge is 0.479 e. The third-order valence-corrected chi connectivity index (χ3v) is 5.95. The molecule has 2 aromatic carbocycles. The number of nitrogens with zero attached hydrogens (tertiary/aromatic N) is 2. The van der Waals surface area contributed by atoms with E-state index in [1.54, 1.807) is 48.5 Å². The van der Waals surface area contributed by atoms with Crippen molar-refractivity contribution in [2.24, 2.45) is 0 Å². The molecule has 1 atom stereocenters. The summed E-state index contributed by atoms with van der Waals surface area (Å²) in [5.41, 5.74) is 2.17. The molecule has 9 heteroatoms. The molecule has 0 aliphatic carbocycles. The summed E-state index contributed by atoms with van der Waals surface area (Å²) < 4.78 is 13.6. The van der Waals surface area contributed by atoms with E-state index in [0.717, 1.165) is 16.6 Å². The number of pyridine rings is 1. The molecule has 4 aromatic rings. The van der Waals surface area contributed by atoms with Crippen LogP contribution in [-0.4, -0.2) is 26.7 Å². The highest BCUT2D eigenvalue weighted by molar-refractivity contribution is 6.31. The van der Waals surface area contributed by atoms with Crippen LogP contribution < -0.4 is 9.47 Å². The third kappa shape index (κ3) is 5.03. The summed E-state index contributed by atoms with van der Waals surface area (Å²) in [5.74, 6) is 0.621. The average molecular weight is 506 g/mol. The fraction of sp³-hybridized carbons (Fsp3) is 0.167. The van der Waals surface area contributed by atoms with Gasteiger partial charge in [-0.2, -0.15) is 0 Å². The summed E-state index contributed by atoms with van der Waals surface area (Å²) in [6.07, 6.45) is -0.993. The molecule has 0 unspecified atom stereocenters. The number of aromatic nitrogens is 2. The van der Waals surface area contributed by atoms with Crippen LogP contribution in [0.25, 0.3) is 11.0 Å². The van der Waals surface area contributed by atoms with Crippen LogP contribution in [0.15, 0.2) is 54.6 Å². The molecule has 6 nitrogen and oxygen atoms in total. The second-order valence-corrected chi connectivity index (χ2v) is 8.64. The number of hydrogen-bond acceptors (Lipinski definition) is 4. The zero-order valence-corrected chi connectivity index (χ0v) is 19.9. The van der Waals surface area contributed by atoms with Crippen LogP contribution in [0.4, 0.5) is 0 Å². The van der Waals surface area contributed by atoms with Crippen molar-refractivity contribution in [2.75, 3.05) is 0 Å². The highest BCUT2D eigenvalue weighted by Gasteiger charge is 2.20. The molecule has 33 heavy (non-hydrogen) atoms. The van der Waals surface area contributed by atoms with Crippen LogP contribution in [0.2, 0.25) is 15.2 Å². The Morgan fingerprint density at radius 2 is 1.76 bits per heavy atom. The van der Waals surface area contributed by atoms with Gasteiger partial charge in [-0.25, -0.2) is 9.78 Å². The molecule has 170 valence electrons. The summed E-state index contributed by atoms with van der Waals surface area (Å²) in [7, 11) is 0. The van der Waals surface area contributed by atoms with E-state index in [4.69, 9.17) is 49.4 Å². The lowest BCUT2D eigenvalue weighted by atomic mass is 10.2. The fourth-order valence-corrected chi connectivity index (χ4v) is 3.84. The van der Waals surface area contributed by atoms with Gasteiger partial charge in [0.15, 0.2) is 11.9 Å². The maximum absolute atomic E-state index is 11.1. The van der Waals surface area contributed by atoms with Crippen molar-refractivity contribution in [1.29, 1.82) is 0 Å². The minimum Gasteiger partial charge on any atom is -0.479 e. The van der Waals surface area contributed by atoms with Crippen molar-refractivity contribution in [3.05, 3.63) is 81.1 Å². The van der Waals surface area contributed by atoms with Crippen molar-refractivity contribution < 1.29 is 19.4 Å². The number of fused-ring (bicyclic) bond motifs is 1. The smallest absolute Gasteiger partial charge is 0.344 e. The molecular weight excluding hydrogens is 487 g/mol. The molecule has 0 saturated heterocycles. The predicted molar refractivity (Wildman–Crippen MR) is 129 cm³/mol. The molecule has 0 amide bonds. The van der Waals surface area contributed by atoms with Gasteiger partial charge in [0, 0.05) is 10.0 Å². The van der Waals surface area contributed by atoms with Gasteiger partial charge in [-0.15, -0.1) is 0 Å². The first-order valence-corrected chi connectivity index (χ1v) is 11.1. The summed E-state index contributed by atoms with van der Waals surface area (Å²) in [4.78, 5) is 15.7. The molecule has 0 fully saturated rings. The summed E-state index contributed by atoms with van der Waals surface area (Å²) >= 11 is 18.6. The van der Waals surface area contributed by atoms with Gasteiger partial charge < -0.3 is 19.1 Å². The first-order valence-electron chi connectivity index (χ1n) is 9.99. The Morgan fingerprint density at radius 1 is 1.06 bits per heavy atom. The molecule has 0 aliphatic heterocycles. The number of carboxylic acids is 1. The summed E-state index contributed by atoms with van der Waals surface area (Å²) in [5, 5.41) is 11.4. The van der Waals surface area contributed by atoms with Crippen LogP contribution in [0.3, 0.4) is 0 Å². The Labute approximate surface area is 205 Å². The van der Waals surface area contributed by atoms with Crippen molar-refractivity contribution in [3.8, 4) is 17.2 Å².